The van der Waals surface area contributed by atoms with Gasteiger partial charge in [-0.25, -0.2) is 0 Å². The third-order valence-corrected chi connectivity index (χ3v) is 6.57. The van der Waals surface area contributed by atoms with Crippen LogP contribution in [0.1, 0.15) is 50.5 Å². The van der Waals surface area contributed by atoms with Crippen molar-refractivity contribution in [1.82, 2.24) is 9.55 Å². The van der Waals surface area contributed by atoms with Crippen LogP contribution in [-0.2, 0) is 9.53 Å². The first-order valence-corrected chi connectivity index (χ1v) is 13.0. The van der Waals surface area contributed by atoms with Gasteiger partial charge in [-0.1, -0.05) is 17.7 Å². The highest BCUT2D eigenvalue weighted by Gasteiger charge is 2.26. The van der Waals surface area contributed by atoms with E-state index in [0.29, 0.717) is 33.1 Å². The van der Waals surface area contributed by atoms with Crippen molar-refractivity contribution in [2.75, 3.05) is 19.0 Å². The van der Waals surface area contributed by atoms with E-state index in [-0.39, 0.29) is 24.7 Å². The number of ketones is 1. The average Bonchev–Trinajstić information content (AvgIpc) is 3.36. The topological polar surface area (TPSA) is 102 Å². The minimum atomic E-state index is -0.899. The number of halogens is 1. The Balaban J connectivity index is 1.77. The van der Waals surface area contributed by atoms with Crippen LogP contribution in [0.5, 0.6) is 5.75 Å². The predicted octanol–water partition coefficient (Wildman–Crippen LogP) is 6.25. The van der Waals surface area contributed by atoms with Gasteiger partial charge in [-0.3, -0.25) is 19.0 Å². The van der Waals surface area contributed by atoms with E-state index in [9.17, 15) is 14.4 Å². The molecule has 0 saturated heterocycles. The number of hydrogen-bond acceptors (Lipinski definition) is 5. The maximum absolute atomic E-state index is 13.7. The number of nitrogens with zero attached hydrogens (tertiary/aromatic N) is 1. The average molecular weight is 550 g/mol. The lowest BCUT2D eigenvalue weighted by Crippen LogP contribution is -2.34. The van der Waals surface area contributed by atoms with Crippen LogP contribution in [0.25, 0.3) is 22.0 Å². The molecule has 2 heterocycles. The van der Waals surface area contributed by atoms with Gasteiger partial charge in [0.05, 0.1) is 24.6 Å². The van der Waals surface area contributed by atoms with Crippen molar-refractivity contribution in [2.45, 2.75) is 45.8 Å². The Morgan fingerprint density at radius 1 is 1.10 bits per heavy atom. The molecule has 1 unspecified atom stereocenters. The molecule has 8 nitrogen and oxygen atoms in total. The van der Waals surface area contributed by atoms with Gasteiger partial charge in [0.2, 0.25) is 5.91 Å². The number of aromatic nitrogens is 2. The summed E-state index contributed by atoms with van der Waals surface area (Å²) in [6.45, 7) is 7.47. The number of methoxy groups -OCH3 is 1. The van der Waals surface area contributed by atoms with Crippen LogP contribution in [0.3, 0.4) is 0 Å². The zero-order valence-electron chi connectivity index (χ0n) is 22.6. The summed E-state index contributed by atoms with van der Waals surface area (Å²) in [5.41, 5.74) is 1.95. The SMILES string of the molecule is COc1cn(C(CCOC(C)(C)C)C(=O)Nc2cccc3[nH]ccc23)c(=O)cc1-c1cc(Cl)ccc1C(C)=O. The highest BCUT2D eigenvalue weighted by molar-refractivity contribution is 6.31. The van der Waals surface area contributed by atoms with Crippen molar-refractivity contribution in [3.05, 3.63) is 81.9 Å². The van der Waals surface area contributed by atoms with E-state index in [0.717, 1.165) is 10.9 Å². The first-order chi connectivity index (χ1) is 18.5. The van der Waals surface area contributed by atoms with Gasteiger partial charge < -0.3 is 19.8 Å². The minimum absolute atomic E-state index is 0.177. The number of H-pyrrole nitrogens is 1. The van der Waals surface area contributed by atoms with E-state index in [1.54, 1.807) is 24.4 Å². The van der Waals surface area contributed by atoms with Crippen molar-refractivity contribution in [3.8, 4) is 16.9 Å². The summed E-state index contributed by atoms with van der Waals surface area (Å²) in [7, 11) is 1.47. The van der Waals surface area contributed by atoms with E-state index in [1.165, 1.54) is 30.9 Å². The molecular weight excluding hydrogens is 518 g/mol. The quantitative estimate of drug-likeness (QED) is 0.240. The summed E-state index contributed by atoms with van der Waals surface area (Å²) in [6, 6.07) is 12.8. The molecule has 0 fully saturated rings. The largest absolute Gasteiger partial charge is 0.495 e. The standard InChI is InChI=1S/C30H32ClN3O5/c1-18(35)20-10-9-19(31)15-22(20)23-16-28(36)34(17-27(23)38-5)26(12-14-39-30(2,3)4)29(37)33-25-8-6-7-24-21(25)11-13-32-24/h6-11,13,15-17,26,32H,12,14H2,1-5H3,(H,33,37). The Morgan fingerprint density at radius 2 is 1.87 bits per heavy atom. The number of Topliss-reactive ketones (excluding diaryl/α,β-unsaturated/α-hetero) is 1. The minimum Gasteiger partial charge on any atom is -0.495 e. The lowest BCUT2D eigenvalue weighted by molar-refractivity contribution is -0.120. The molecule has 204 valence electrons. The maximum atomic E-state index is 13.7. The Labute approximate surface area is 231 Å². The van der Waals surface area contributed by atoms with Gasteiger partial charge in [0.15, 0.2) is 5.78 Å². The Hall–Kier alpha value is -3.88. The summed E-state index contributed by atoms with van der Waals surface area (Å²) in [6.07, 6.45) is 3.54. The molecule has 0 saturated carbocycles. The lowest BCUT2D eigenvalue weighted by Gasteiger charge is -2.24. The molecule has 0 aliphatic rings. The number of ether oxygens (including phenoxy) is 2. The number of carbonyl (C=O) groups excluding carboxylic acids is 2. The number of amides is 1. The molecule has 9 heteroatoms. The summed E-state index contributed by atoms with van der Waals surface area (Å²) in [5, 5.41) is 4.25. The van der Waals surface area contributed by atoms with Gasteiger partial charge in [0.1, 0.15) is 11.8 Å². The lowest BCUT2D eigenvalue weighted by atomic mass is 9.97. The molecule has 1 amide bonds. The number of fused-ring (bicyclic) bond motifs is 1. The van der Waals surface area contributed by atoms with Crippen LogP contribution in [0.4, 0.5) is 5.69 Å². The molecule has 4 aromatic rings. The van der Waals surface area contributed by atoms with Crippen molar-refractivity contribution in [3.63, 3.8) is 0 Å². The molecule has 0 spiro atoms. The number of rotatable bonds is 9. The smallest absolute Gasteiger partial charge is 0.252 e. The normalized spacial score (nSPS) is 12.4. The van der Waals surface area contributed by atoms with Crippen LogP contribution in [-0.4, -0.2) is 40.6 Å². The molecule has 39 heavy (non-hydrogen) atoms. The maximum Gasteiger partial charge on any atom is 0.252 e. The van der Waals surface area contributed by atoms with E-state index in [2.05, 4.69) is 10.3 Å². The van der Waals surface area contributed by atoms with E-state index in [4.69, 9.17) is 21.1 Å². The van der Waals surface area contributed by atoms with Gasteiger partial charge >= 0.3 is 0 Å². The molecule has 1 atom stereocenters. The van der Waals surface area contributed by atoms with Crippen LogP contribution in [0, 0.1) is 0 Å². The van der Waals surface area contributed by atoms with Crippen LogP contribution in [0.2, 0.25) is 5.02 Å². The number of nitrogens with one attached hydrogen (secondary N) is 2. The van der Waals surface area contributed by atoms with Gasteiger partial charge in [-0.05, 0) is 69.7 Å². The zero-order valence-corrected chi connectivity index (χ0v) is 23.4. The second kappa shape index (κ2) is 11.5. The monoisotopic (exact) mass is 549 g/mol. The molecule has 0 bridgehead atoms. The van der Waals surface area contributed by atoms with Gasteiger partial charge in [0, 0.05) is 52.3 Å². The molecule has 0 radical (unpaired) electrons. The van der Waals surface area contributed by atoms with E-state index in [1.807, 2.05) is 45.0 Å². The molecule has 0 aliphatic carbocycles. The fourth-order valence-corrected chi connectivity index (χ4v) is 4.65. The summed E-state index contributed by atoms with van der Waals surface area (Å²) in [5.74, 6) is -0.227. The van der Waals surface area contributed by atoms with Gasteiger partial charge in [0.25, 0.3) is 5.56 Å². The highest BCUT2D eigenvalue weighted by Crippen LogP contribution is 2.34. The van der Waals surface area contributed by atoms with E-state index < -0.39 is 17.2 Å². The Bertz CT molecular complexity index is 1580. The number of carbonyl (C=O) groups is 2. The van der Waals surface area contributed by atoms with Crippen molar-refractivity contribution in [2.24, 2.45) is 0 Å². The fourth-order valence-electron chi connectivity index (χ4n) is 4.48. The van der Waals surface area contributed by atoms with Crippen LogP contribution < -0.4 is 15.6 Å². The zero-order chi connectivity index (χ0) is 28.3. The molecule has 0 aliphatic heterocycles. The van der Waals surface area contributed by atoms with Crippen molar-refractivity contribution < 1.29 is 19.1 Å². The van der Waals surface area contributed by atoms with Gasteiger partial charge in [-0.2, -0.15) is 0 Å². The van der Waals surface area contributed by atoms with Crippen molar-refractivity contribution >= 4 is 39.9 Å². The first kappa shape index (κ1) is 28.1. The molecular formula is C30H32ClN3O5. The first-order valence-electron chi connectivity index (χ1n) is 12.6. The fraction of sp³-hybridized carbons (Fsp3) is 0.300. The second-order valence-corrected chi connectivity index (χ2v) is 10.7. The Morgan fingerprint density at radius 3 is 2.56 bits per heavy atom. The number of benzene rings is 2. The summed E-state index contributed by atoms with van der Waals surface area (Å²) in [4.78, 5) is 42.7. The van der Waals surface area contributed by atoms with Crippen LogP contribution >= 0.6 is 11.6 Å². The van der Waals surface area contributed by atoms with Crippen LogP contribution in [0.15, 0.2) is 65.7 Å². The summed E-state index contributed by atoms with van der Waals surface area (Å²) < 4.78 is 12.9. The number of anilines is 1. The van der Waals surface area contributed by atoms with Crippen molar-refractivity contribution in [1.29, 1.82) is 0 Å². The predicted molar refractivity (Wildman–Crippen MR) is 154 cm³/mol. The molecule has 2 aromatic carbocycles. The Kier molecular flexibility index (Phi) is 8.28. The second-order valence-electron chi connectivity index (χ2n) is 10.2. The number of aromatic amines is 1. The highest BCUT2D eigenvalue weighted by atomic mass is 35.5. The van der Waals surface area contributed by atoms with Gasteiger partial charge in [-0.15, -0.1) is 0 Å². The molecule has 4 rings (SSSR count). The molecule has 2 N–H and O–H groups in total. The molecule has 2 aromatic heterocycles. The summed E-state index contributed by atoms with van der Waals surface area (Å²) >= 11 is 6.23. The third kappa shape index (κ3) is 6.41. The number of pyridine rings is 1. The van der Waals surface area contributed by atoms with E-state index >= 15 is 0 Å². The number of hydrogen-bond donors (Lipinski definition) is 2. The third-order valence-electron chi connectivity index (χ3n) is 6.33.